The molecule has 5 fully saturated rings. The van der Waals surface area contributed by atoms with Gasteiger partial charge >= 0.3 is 17.9 Å². The Labute approximate surface area is 151 Å². The molecule has 0 bridgehead atoms. The summed E-state index contributed by atoms with van der Waals surface area (Å²) in [6.45, 7) is 9.11. The minimum absolute atomic E-state index is 0.0116. The van der Waals surface area contributed by atoms with E-state index in [9.17, 15) is 14.4 Å². The van der Waals surface area contributed by atoms with Crippen molar-refractivity contribution in [3.63, 3.8) is 0 Å². The van der Waals surface area contributed by atoms with Gasteiger partial charge in [0.05, 0.1) is 17.4 Å². The first-order chi connectivity index (χ1) is 11.9. The van der Waals surface area contributed by atoms with E-state index >= 15 is 0 Å². The molecular weight excluding hydrogens is 340 g/mol. The van der Waals surface area contributed by atoms with Gasteiger partial charge in [-0.15, -0.1) is 0 Å². The Hall–Kier alpha value is -1.63. The molecule has 0 amide bonds. The second kappa shape index (κ2) is 3.96. The fraction of sp³-hybridized carbons (Fsp3) is 0.842. The van der Waals surface area contributed by atoms with Crippen molar-refractivity contribution in [3.05, 3.63) is 0 Å². The van der Waals surface area contributed by atoms with Gasteiger partial charge in [-0.25, -0.2) is 0 Å². The van der Waals surface area contributed by atoms with E-state index in [4.69, 9.17) is 18.9 Å². The molecule has 5 aliphatic rings. The number of rotatable bonds is 0. The second-order valence-corrected chi connectivity index (χ2v) is 9.59. The van der Waals surface area contributed by atoms with Gasteiger partial charge in [0.1, 0.15) is 12.0 Å². The number of cyclic esters (lactones) is 2. The Morgan fingerprint density at radius 2 is 1.58 bits per heavy atom. The highest BCUT2D eigenvalue weighted by atomic mass is 16.7. The van der Waals surface area contributed by atoms with Crippen LogP contribution in [0, 0.1) is 22.2 Å². The summed E-state index contributed by atoms with van der Waals surface area (Å²) < 4.78 is 23.5. The molecule has 3 saturated heterocycles. The Morgan fingerprint density at radius 3 is 2.27 bits per heavy atom. The van der Waals surface area contributed by atoms with Crippen LogP contribution in [0.15, 0.2) is 0 Å². The molecular formula is C19H24O7. The van der Waals surface area contributed by atoms with Crippen LogP contribution in [0.1, 0.15) is 53.9 Å². The molecule has 6 atom stereocenters. The summed E-state index contributed by atoms with van der Waals surface area (Å²) in [6.07, 6.45) is 1.06. The third kappa shape index (κ3) is 1.22. The fourth-order valence-electron chi connectivity index (χ4n) is 7.23. The molecule has 26 heavy (non-hydrogen) atoms. The molecule has 0 unspecified atom stereocenters. The number of hydrogen-bond donors (Lipinski definition) is 0. The van der Waals surface area contributed by atoms with E-state index in [1.165, 1.54) is 0 Å². The average Bonchev–Trinajstić information content (AvgIpc) is 2.79. The molecule has 142 valence electrons. The van der Waals surface area contributed by atoms with Gasteiger partial charge in [-0.05, 0) is 26.7 Å². The van der Waals surface area contributed by atoms with Crippen molar-refractivity contribution in [3.8, 4) is 0 Å². The topological polar surface area (TPSA) is 88.1 Å². The maximum absolute atomic E-state index is 13.1. The van der Waals surface area contributed by atoms with E-state index in [-0.39, 0.29) is 30.9 Å². The van der Waals surface area contributed by atoms with Gasteiger partial charge in [-0.1, -0.05) is 6.92 Å². The van der Waals surface area contributed by atoms with Crippen LogP contribution >= 0.6 is 0 Å². The maximum Gasteiger partial charge on any atom is 0.317 e. The zero-order chi connectivity index (χ0) is 19.0. The standard InChI is InChI=1S/C19H24O7/c1-14(2)25-13(22)16(4)10-8-11(20)24-19-9-23-12(21)15(19,3)6-7-18(16,26-14)17(10,19)5/h10H,6-9H2,1-5H3/t10-,15+,16+,17-,18-,19+/m0/s1. The number of ether oxygens (including phenoxy) is 4. The van der Waals surface area contributed by atoms with Gasteiger partial charge in [0.15, 0.2) is 5.60 Å². The van der Waals surface area contributed by atoms with E-state index in [2.05, 4.69) is 0 Å². The number of carbonyl (C=O) groups excluding carboxylic acids is 3. The van der Waals surface area contributed by atoms with Gasteiger partial charge in [0.25, 0.3) is 0 Å². The van der Waals surface area contributed by atoms with Gasteiger partial charge in [0.2, 0.25) is 5.79 Å². The van der Waals surface area contributed by atoms with Crippen LogP contribution in [0.25, 0.3) is 0 Å². The molecule has 2 aliphatic carbocycles. The van der Waals surface area contributed by atoms with Crippen molar-refractivity contribution >= 4 is 17.9 Å². The molecule has 2 spiro atoms. The normalized spacial score (nSPS) is 56.2. The number of fused-ring (bicyclic) bond motifs is 1. The summed E-state index contributed by atoms with van der Waals surface area (Å²) >= 11 is 0. The van der Waals surface area contributed by atoms with E-state index in [0.717, 1.165) is 0 Å². The average molecular weight is 364 g/mol. The second-order valence-electron chi connectivity index (χ2n) is 9.59. The van der Waals surface area contributed by atoms with Crippen LogP contribution < -0.4 is 0 Å². The molecule has 2 saturated carbocycles. The lowest BCUT2D eigenvalue weighted by Gasteiger charge is -2.81. The first-order valence-corrected chi connectivity index (χ1v) is 9.23. The van der Waals surface area contributed by atoms with Crippen LogP contribution in [-0.4, -0.2) is 41.5 Å². The molecule has 0 N–H and O–H groups in total. The lowest BCUT2D eigenvalue weighted by molar-refractivity contribution is -0.467. The maximum atomic E-state index is 13.1. The molecule has 5 rings (SSSR count). The summed E-state index contributed by atoms with van der Waals surface area (Å²) in [4.78, 5) is 38.3. The molecule has 3 heterocycles. The summed E-state index contributed by atoms with van der Waals surface area (Å²) in [7, 11) is 0. The third-order valence-corrected chi connectivity index (χ3v) is 8.48. The largest absolute Gasteiger partial charge is 0.461 e. The van der Waals surface area contributed by atoms with Gasteiger partial charge in [-0.2, -0.15) is 0 Å². The third-order valence-electron chi connectivity index (χ3n) is 8.48. The van der Waals surface area contributed by atoms with E-state index in [1.54, 1.807) is 13.8 Å². The molecule has 0 radical (unpaired) electrons. The summed E-state index contributed by atoms with van der Waals surface area (Å²) in [5, 5.41) is 0. The van der Waals surface area contributed by atoms with Crippen LogP contribution in [0.3, 0.4) is 0 Å². The first kappa shape index (κ1) is 16.5. The highest BCUT2D eigenvalue weighted by molar-refractivity contribution is 5.89. The monoisotopic (exact) mass is 364 g/mol. The Balaban J connectivity index is 1.79. The van der Waals surface area contributed by atoms with E-state index < -0.39 is 39.2 Å². The Kier molecular flexibility index (Phi) is 2.52. The fourth-order valence-corrected chi connectivity index (χ4v) is 7.23. The number of hydrogen-bond acceptors (Lipinski definition) is 7. The van der Waals surface area contributed by atoms with Gasteiger partial charge < -0.3 is 18.9 Å². The SMILES string of the molecule is CC1(C)OC(=O)[C@@]2(C)[C@@H]3CC(=O)O[C@]45COC(=O)[C@@]4(C)CC[C@@]2(O1)[C@]35C. The van der Waals surface area contributed by atoms with Crippen LogP contribution in [-0.2, 0) is 33.3 Å². The highest BCUT2D eigenvalue weighted by Gasteiger charge is 2.94. The smallest absolute Gasteiger partial charge is 0.317 e. The molecule has 7 heteroatoms. The highest BCUT2D eigenvalue weighted by Crippen LogP contribution is 2.83. The minimum atomic E-state index is -1.12. The van der Waals surface area contributed by atoms with E-state index in [1.807, 2.05) is 20.8 Å². The lowest BCUT2D eigenvalue weighted by Crippen LogP contribution is -2.92. The van der Waals surface area contributed by atoms with Crippen molar-refractivity contribution in [2.75, 3.05) is 6.61 Å². The van der Waals surface area contributed by atoms with Gasteiger partial charge in [0, 0.05) is 25.2 Å². The minimum Gasteiger partial charge on any atom is -0.461 e. The molecule has 0 aromatic rings. The molecule has 0 aromatic heterocycles. The zero-order valence-electron chi connectivity index (χ0n) is 15.8. The van der Waals surface area contributed by atoms with Crippen LogP contribution in [0.4, 0.5) is 0 Å². The Morgan fingerprint density at radius 1 is 0.885 bits per heavy atom. The molecule has 0 aromatic carbocycles. The quantitative estimate of drug-likeness (QED) is 0.478. The van der Waals surface area contributed by atoms with Crippen molar-refractivity contribution in [2.24, 2.45) is 22.2 Å². The number of carbonyl (C=O) groups is 3. The van der Waals surface area contributed by atoms with Crippen LogP contribution in [0.5, 0.6) is 0 Å². The van der Waals surface area contributed by atoms with Crippen molar-refractivity contribution in [1.82, 2.24) is 0 Å². The van der Waals surface area contributed by atoms with E-state index in [0.29, 0.717) is 12.8 Å². The summed E-state index contributed by atoms with van der Waals surface area (Å²) in [6, 6.07) is 0. The van der Waals surface area contributed by atoms with Crippen LogP contribution in [0.2, 0.25) is 0 Å². The summed E-state index contributed by atoms with van der Waals surface area (Å²) in [5.41, 5.74) is -4.58. The predicted molar refractivity (Wildman–Crippen MR) is 85.4 cm³/mol. The lowest BCUT2D eigenvalue weighted by atomic mass is 9.26. The van der Waals surface area contributed by atoms with Crippen molar-refractivity contribution < 1.29 is 33.3 Å². The number of esters is 3. The first-order valence-electron chi connectivity index (χ1n) is 9.23. The van der Waals surface area contributed by atoms with Crippen molar-refractivity contribution in [1.29, 1.82) is 0 Å². The molecule has 7 nitrogen and oxygen atoms in total. The molecule has 3 aliphatic heterocycles. The van der Waals surface area contributed by atoms with Gasteiger partial charge in [-0.3, -0.25) is 14.4 Å². The zero-order valence-corrected chi connectivity index (χ0v) is 15.8. The van der Waals surface area contributed by atoms with Crippen molar-refractivity contribution in [2.45, 2.75) is 70.9 Å². The predicted octanol–water partition coefficient (Wildman–Crippen LogP) is 1.72. The summed E-state index contributed by atoms with van der Waals surface area (Å²) in [5.74, 6) is -2.48. The Bertz CT molecular complexity index is 789.